The van der Waals surface area contributed by atoms with Crippen LogP contribution in [0.15, 0.2) is 41.3 Å². The number of aliphatic carboxylic acids is 1. The smallest absolute Gasteiger partial charge is 0.307 e. The number of hydrogen-bond donors (Lipinski definition) is 1. The molecular formula is C20H16ClF2NO4S. The first kappa shape index (κ1) is 21.1. The van der Waals surface area contributed by atoms with E-state index in [0.29, 0.717) is 44.6 Å². The minimum Gasteiger partial charge on any atom is -0.495 e. The van der Waals surface area contributed by atoms with Gasteiger partial charge in [0.25, 0.3) is 11.7 Å². The second-order valence-corrected chi connectivity index (χ2v) is 7.65. The number of rotatable bonds is 6. The number of methoxy groups -OCH3 is 1. The van der Waals surface area contributed by atoms with Crippen LogP contribution in [0.4, 0.5) is 8.78 Å². The number of hydrogen-bond acceptors (Lipinski definition) is 4. The first-order valence-electron chi connectivity index (χ1n) is 8.41. The summed E-state index contributed by atoms with van der Waals surface area (Å²) in [5, 5.41) is 10.1. The molecule has 9 heteroatoms. The number of carbonyl (C=O) groups excluding carboxylic acids is 1. The van der Waals surface area contributed by atoms with Gasteiger partial charge in [0.15, 0.2) is 0 Å². The Morgan fingerprint density at radius 3 is 2.45 bits per heavy atom. The number of carboxylic acid groups (broad SMARTS) is 1. The van der Waals surface area contributed by atoms with Crippen LogP contribution in [0.5, 0.6) is 5.75 Å². The Balaban J connectivity index is 2.15. The third-order valence-electron chi connectivity index (χ3n) is 4.47. The fourth-order valence-electron chi connectivity index (χ4n) is 3.18. The summed E-state index contributed by atoms with van der Waals surface area (Å²) < 4.78 is 31.6. The summed E-state index contributed by atoms with van der Waals surface area (Å²) in [6, 6.07) is 8.96. The highest BCUT2D eigenvalue weighted by Crippen LogP contribution is 2.35. The minimum absolute atomic E-state index is 0.275. The van der Waals surface area contributed by atoms with Gasteiger partial charge in [0.1, 0.15) is 5.75 Å². The number of ether oxygens (including phenoxy) is 1. The number of fused-ring (bicyclic) bond motifs is 1. The van der Waals surface area contributed by atoms with Crippen LogP contribution in [0.2, 0.25) is 5.02 Å². The van der Waals surface area contributed by atoms with Crippen molar-refractivity contribution in [2.24, 2.45) is 0 Å². The number of thioether (sulfide) groups is 1. The highest BCUT2D eigenvalue weighted by atomic mass is 35.5. The Bertz CT molecular complexity index is 1100. The van der Waals surface area contributed by atoms with Crippen LogP contribution < -0.4 is 4.74 Å². The number of halogens is 3. The first-order chi connectivity index (χ1) is 13.7. The molecule has 0 aliphatic rings. The van der Waals surface area contributed by atoms with Crippen molar-refractivity contribution in [1.29, 1.82) is 0 Å². The zero-order chi connectivity index (χ0) is 21.3. The molecule has 0 saturated carbocycles. The SMILES string of the molecule is COc1cc2c(CC(=O)O)c(C)n(C(=O)c3ccc(SC(F)F)cc3)c2cc1Cl. The fraction of sp³-hybridized carbons (Fsp3) is 0.200. The largest absolute Gasteiger partial charge is 0.495 e. The lowest BCUT2D eigenvalue weighted by Gasteiger charge is -2.09. The number of alkyl halides is 2. The van der Waals surface area contributed by atoms with E-state index in [9.17, 15) is 23.5 Å². The molecule has 1 aromatic heterocycles. The summed E-state index contributed by atoms with van der Waals surface area (Å²) in [6.07, 6.45) is -0.280. The molecule has 0 aliphatic carbocycles. The van der Waals surface area contributed by atoms with E-state index in [0.717, 1.165) is 0 Å². The molecule has 2 aromatic carbocycles. The molecule has 0 saturated heterocycles. The van der Waals surface area contributed by atoms with Crippen LogP contribution in [-0.2, 0) is 11.2 Å². The van der Waals surface area contributed by atoms with Gasteiger partial charge < -0.3 is 9.84 Å². The summed E-state index contributed by atoms with van der Waals surface area (Å²) in [6.45, 7) is 1.65. The summed E-state index contributed by atoms with van der Waals surface area (Å²) in [4.78, 5) is 24.8. The van der Waals surface area contributed by atoms with Crippen LogP contribution in [-0.4, -0.2) is 34.4 Å². The highest BCUT2D eigenvalue weighted by molar-refractivity contribution is 7.99. The Morgan fingerprint density at radius 2 is 1.90 bits per heavy atom. The van der Waals surface area contributed by atoms with Gasteiger partial charge in [-0.15, -0.1) is 0 Å². The maximum absolute atomic E-state index is 13.2. The molecule has 0 amide bonds. The van der Waals surface area contributed by atoms with Gasteiger partial charge in [0, 0.05) is 21.5 Å². The second kappa shape index (κ2) is 8.42. The van der Waals surface area contributed by atoms with Crippen LogP contribution >= 0.6 is 23.4 Å². The Kier molecular flexibility index (Phi) is 6.14. The lowest BCUT2D eigenvalue weighted by Crippen LogP contribution is -2.14. The van der Waals surface area contributed by atoms with Crippen molar-refractivity contribution in [1.82, 2.24) is 4.57 Å². The van der Waals surface area contributed by atoms with E-state index in [2.05, 4.69) is 0 Å². The van der Waals surface area contributed by atoms with Crippen LogP contribution in [0.3, 0.4) is 0 Å². The van der Waals surface area contributed by atoms with E-state index in [-0.39, 0.29) is 17.0 Å². The van der Waals surface area contributed by atoms with Gasteiger partial charge in [-0.2, -0.15) is 8.78 Å². The topological polar surface area (TPSA) is 68.5 Å². The Morgan fingerprint density at radius 1 is 1.24 bits per heavy atom. The van der Waals surface area contributed by atoms with Crippen molar-refractivity contribution >= 4 is 46.1 Å². The Labute approximate surface area is 174 Å². The highest BCUT2D eigenvalue weighted by Gasteiger charge is 2.23. The summed E-state index contributed by atoms with van der Waals surface area (Å²) >= 11 is 6.61. The summed E-state index contributed by atoms with van der Waals surface area (Å²) in [5.41, 5.74) is 1.65. The standard InChI is InChI=1S/C20H16ClF2NO4S/c1-10-13(8-18(25)26)14-7-17(28-2)15(21)9-16(14)24(10)19(27)11-3-5-12(6-4-11)29-20(22)23/h3-7,9,20H,8H2,1-2H3,(H,25,26). The second-order valence-electron chi connectivity index (χ2n) is 6.18. The van der Waals surface area contributed by atoms with Gasteiger partial charge in [-0.05, 0) is 48.9 Å². The van der Waals surface area contributed by atoms with Gasteiger partial charge in [0.2, 0.25) is 0 Å². The molecule has 0 radical (unpaired) electrons. The number of carbonyl (C=O) groups is 2. The molecule has 1 heterocycles. The van der Waals surface area contributed by atoms with Crippen molar-refractivity contribution in [2.75, 3.05) is 7.11 Å². The Hall–Kier alpha value is -2.58. The molecule has 0 bridgehead atoms. The maximum Gasteiger partial charge on any atom is 0.307 e. The molecule has 0 spiro atoms. The quantitative estimate of drug-likeness (QED) is 0.532. The van der Waals surface area contributed by atoms with Crippen molar-refractivity contribution in [2.45, 2.75) is 24.0 Å². The van der Waals surface area contributed by atoms with E-state index >= 15 is 0 Å². The molecule has 0 atom stereocenters. The third kappa shape index (κ3) is 4.23. The number of nitrogens with zero attached hydrogens (tertiary/aromatic N) is 1. The molecular weight excluding hydrogens is 424 g/mol. The molecule has 3 aromatic rings. The van der Waals surface area contributed by atoms with Crippen LogP contribution in [0.25, 0.3) is 10.9 Å². The zero-order valence-electron chi connectivity index (χ0n) is 15.4. The van der Waals surface area contributed by atoms with Crippen molar-refractivity contribution in [3.05, 3.63) is 58.2 Å². The van der Waals surface area contributed by atoms with Gasteiger partial charge >= 0.3 is 5.97 Å². The molecule has 0 fully saturated rings. The molecule has 29 heavy (non-hydrogen) atoms. The number of carboxylic acids is 1. The molecule has 1 N–H and O–H groups in total. The molecule has 0 aliphatic heterocycles. The minimum atomic E-state index is -2.55. The zero-order valence-corrected chi connectivity index (χ0v) is 17.0. The van der Waals surface area contributed by atoms with Gasteiger partial charge in [-0.3, -0.25) is 14.2 Å². The predicted octanol–water partition coefficient (Wildman–Crippen LogP) is 5.24. The summed E-state index contributed by atoms with van der Waals surface area (Å²) in [7, 11) is 1.44. The van der Waals surface area contributed by atoms with E-state index < -0.39 is 17.6 Å². The average Bonchev–Trinajstić information content (AvgIpc) is 2.91. The number of aromatic nitrogens is 1. The lowest BCUT2D eigenvalue weighted by atomic mass is 10.1. The van der Waals surface area contributed by atoms with Gasteiger partial charge in [-0.25, -0.2) is 0 Å². The van der Waals surface area contributed by atoms with Crippen LogP contribution in [0.1, 0.15) is 21.6 Å². The summed E-state index contributed by atoms with van der Waals surface area (Å²) in [5.74, 6) is -3.65. The van der Waals surface area contributed by atoms with E-state index in [1.54, 1.807) is 19.1 Å². The molecule has 0 unspecified atom stereocenters. The van der Waals surface area contributed by atoms with E-state index in [1.807, 2.05) is 0 Å². The number of benzene rings is 2. The maximum atomic E-state index is 13.2. The van der Waals surface area contributed by atoms with Crippen molar-refractivity contribution < 1.29 is 28.2 Å². The van der Waals surface area contributed by atoms with E-state index in [4.69, 9.17) is 16.3 Å². The van der Waals surface area contributed by atoms with Gasteiger partial charge in [-0.1, -0.05) is 23.4 Å². The van der Waals surface area contributed by atoms with Crippen molar-refractivity contribution in [3.63, 3.8) is 0 Å². The fourth-order valence-corrected chi connectivity index (χ4v) is 3.91. The first-order valence-corrected chi connectivity index (χ1v) is 9.67. The van der Waals surface area contributed by atoms with Crippen LogP contribution in [0, 0.1) is 6.92 Å². The molecule has 3 rings (SSSR count). The monoisotopic (exact) mass is 439 g/mol. The van der Waals surface area contributed by atoms with Gasteiger partial charge in [0.05, 0.1) is 24.1 Å². The molecule has 152 valence electrons. The van der Waals surface area contributed by atoms with E-state index in [1.165, 1.54) is 35.9 Å². The lowest BCUT2D eigenvalue weighted by molar-refractivity contribution is -0.136. The average molecular weight is 440 g/mol. The normalized spacial score (nSPS) is 11.2. The molecule has 5 nitrogen and oxygen atoms in total. The predicted molar refractivity (Wildman–Crippen MR) is 108 cm³/mol. The third-order valence-corrected chi connectivity index (χ3v) is 5.48. The van der Waals surface area contributed by atoms with Crippen molar-refractivity contribution in [3.8, 4) is 5.75 Å².